The number of rotatable bonds is 3. The van der Waals surface area contributed by atoms with E-state index in [1.54, 1.807) is 18.5 Å². The average molecular weight is 415 g/mol. The first-order valence-electron chi connectivity index (χ1n) is 10.9. The molecule has 3 aliphatic rings. The third-order valence-corrected chi connectivity index (χ3v) is 6.88. The Kier molecular flexibility index (Phi) is 3.94. The number of fused-ring (bicyclic) bond motifs is 4. The maximum absolute atomic E-state index is 15.0. The minimum Gasteiger partial charge on any atom is -0.476 e. The van der Waals surface area contributed by atoms with Crippen LogP contribution in [-0.2, 0) is 5.54 Å². The molecule has 6 rings (SSSR count). The molecule has 2 saturated carbocycles. The van der Waals surface area contributed by atoms with Gasteiger partial charge in [0.05, 0.1) is 17.1 Å². The topological polar surface area (TPSA) is 67.5 Å². The summed E-state index contributed by atoms with van der Waals surface area (Å²) in [5.74, 6) is -0.839. The van der Waals surface area contributed by atoms with E-state index in [-0.39, 0.29) is 11.5 Å². The lowest BCUT2D eigenvalue weighted by atomic mass is 9.91. The van der Waals surface area contributed by atoms with E-state index in [0.717, 1.165) is 49.8 Å². The van der Waals surface area contributed by atoms with Crippen LogP contribution in [0.15, 0.2) is 53.8 Å². The standard InChI is InChI=1S/C25H22FN3O2/c26-19-6-2-1-5-17(19)21-18-13-16(15-7-8-15)9-10-20(18)29-14-27-22(24(30)31)23(29)25(28-21)11-3-4-12-25/h1-2,5-6,9-10,13-15H,3-4,7-8,11-12H2,(H,30,31). The van der Waals surface area contributed by atoms with Crippen LogP contribution in [0.25, 0.3) is 5.69 Å². The maximum atomic E-state index is 15.0. The van der Waals surface area contributed by atoms with Gasteiger partial charge in [-0.3, -0.25) is 9.56 Å². The summed E-state index contributed by atoms with van der Waals surface area (Å²) in [6, 6.07) is 13.0. The summed E-state index contributed by atoms with van der Waals surface area (Å²) in [5, 5.41) is 9.88. The van der Waals surface area contributed by atoms with E-state index < -0.39 is 11.5 Å². The molecule has 2 aromatic carbocycles. The number of imidazole rings is 1. The van der Waals surface area contributed by atoms with Gasteiger partial charge in [-0.2, -0.15) is 0 Å². The molecule has 31 heavy (non-hydrogen) atoms. The van der Waals surface area contributed by atoms with Crippen LogP contribution in [0.3, 0.4) is 0 Å². The normalized spacial score (nSPS) is 18.9. The minimum atomic E-state index is -1.05. The van der Waals surface area contributed by atoms with Gasteiger partial charge in [0.25, 0.3) is 0 Å². The van der Waals surface area contributed by atoms with E-state index in [1.165, 1.54) is 11.6 Å². The lowest BCUT2D eigenvalue weighted by molar-refractivity contribution is 0.0687. The minimum absolute atomic E-state index is 0.0395. The Morgan fingerprint density at radius 1 is 1.10 bits per heavy atom. The summed E-state index contributed by atoms with van der Waals surface area (Å²) in [6.07, 6.45) is 7.25. The molecular weight excluding hydrogens is 393 g/mol. The van der Waals surface area contributed by atoms with Crippen molar-refractivity contribution in [3.8, 4) is 5.69 Å². The van der Waals surface area contributed by atoms with Crippen molar-refractivity contribution in [2.24, 2.45) is 4.99 Å². The number of nitrogens with zero attached hydrogens (tertiary/aromatic N) is 3. The lowest BCUT2D eigenvalue weighted by Gasteiger charge is -2.25. The van der Waals surface area contributed by atoms with Gasteiger partial charge in [0, 0.05) is 11.1 Å². The van der Waals surface area contributed by atoms with Crippen molar-refractivity contribution >= 4 is 11.7 Å². The first-order chi connectivity index (χ1) is 15.1. The Morgan fingerprint density at radius 2 is 1.87 bits per heavy atom. The molecule has 2 aliphatic carbocycles. The Balaban J connectivity index is 1.71. The monoisotopic (exact) mass is 415 g/mol. The van der Waals surface area contributed by atoms with Gasteiger partial charge in [-0.25, -0.2) is 14.2 Å². The largest absolute Gasteiger partial charge is 0.476 e. The van der Waals surface area contributed by atoms with Crippen molar-refractivity contribution in [1.29, 1.82) is 0 Å². The van der Waals surface area contributed by atoms with Gasteiger partial charge in [0.15, 0.2) is 5.69 Å². The van der Waals surface area contributed by atoms with Crippen LogP contribution in [0.2, 0.25) is 0 Å². The summed E-state index contributed by atoms with van der Waals surface area (Å²) in [4.78, 5) is 21.5. The fraction of sp³-hybridized carbons (Fsp3) is 0.320. The summed E-state index contributed by atoms with van der Waals surface area (Å²) in [6.45, 7) is 0. The van der Waals surface area contributed by atoms with E-state index >= 15 is 4.39 Å². The Hall–Kier alpha value is -3.28. The number of aromatic carboxylic acids is 1. The van der Waals surface area contributed by atoms with Crippen molar-refractivity contribution in [1.82, 2.24) is 9.55 Å². The number of carbonyl (C=O) groups is 1. The van der Waals surface area contributed by atoms with Crippen molar-refractivity contribution < 1.29 is 14.3 Å². The molecule has 0 radical (unpaired) electrons. The van der Waals surface area contributed by atoms with Gasteiger partial charge in [0.1, 0.15) is 17.7 Å². The number of carboxylic acid groups (broad SMARTS) is 1. The third-order valence-electron chi connectivity index (χ3n) is 6.88. The summed E-state index contributed by atoms with van der Waals surface area (Å²) < 4.78 is 16.9. The number of benzene rings is 2. The average Bonchev–Trinajstić information content (AvgIpc) is 3.36. The quantitative estimate of drug-likeness (QED) is 0.639. The van der Waals surface area contributed by atoms with E-state index in [9.17, 15) is 9.90 Å². The molecule has 1 aliphatic heterocycles. The SMILES string of the molecule is O=C(O)c1ncn2c1C1(CCCC1)N=C(c1ccccc1F)c1cc(C3CC3)ccc1-2. The van der Waals surface area contributed by atoms with Crippen LogP contribution in [0.1, 0.15) is 77.3 Å². The number of aromatic nitrogens is 2. The zero-order valence-corrected chi connectivity index (χ0v) is 17.0. The molecular formula is C25H22FN3O2. The van der Waals surface area contributed by atoms with E-state index in [2.05, 4.69) is 17.1 Å². The van der Waals surface area contributed by atoms with Crippen molar-refractivity contribution in [3.63, 3.8) is 0 Å². The maximum Gasteiger partial charge on any atom is 0.356 e. The van der Waals surface area contributed by atoms with Gasteiger partial charge in [-0.1, -0.05) is 31.0 Å². The molecule has 0 amide bonds. The molecule has 3 aromatic rings. The third kappa shape index (κ3) is 2.77. The van der Waals surface area contributed by atoms with Crippen LogP contribution in [0, 0.1) is 5.82 Å². The van der Waals surface area contributed by atoms with Gasteiger partial charge in [-0.05, 0) is 61.4 Å². The molecule has 5 nitrogen and oxygen atoms in total. The molecule has 1 aromatic heterocycles. The summed E-state index contributed by atoms with van der Waals surface area (Å²) in [7, 11) is 0. The highest BCUT2D eigenvalue weighted by Crippen LogP contribution is 2.48. The summed E-state index contributed by atoms with van der Waals surface area (Å²) in [5.41, 5.74) is 3.88. The lowest BCUT2D eigenvalue weighted by Crippen LogP contribution is -2.26. The predicted octanol–water partition coefficient (Wildman–Crippen LogP) is 5.21. The Morgan fingerprint density at radius 3 is 2.58 bits per heavy atom. The summed E-state index contributed by atoms with van der Waals surface area (Å²) >= 11 is 0. The molecule has 2 heterocycles. The molecule has 2 fully saturated rings. The number of carboxylic acids is 1. The van der Waals surface area contributed by atoms with Crippen molar-refractivity contribution in [3.05, 3.63) is 82.7 Å². The molecule has 1 spiro atoms. The molecule has 0 atom stereocenters. The zero-order chi connectivity index (χ0) is 21.2. The van der Waals surface area contributed by atoms with E-state index in [0.29, 0.717) is 22.9 Å². The molecule has 1 N–H and O–H groups in total. The highest BCUT2D eigenvalue weighted by Gasteiger charge is 2.44. The van der Waals surface area contributed by atoms with Crippen LogP contribution in [-0.4, -0.2) is 26.3 Å². The number of hydrogen-bond acceptors (Lipinski definition) is 3. The highest BCUT2D eigenvalue weighted by molar-refractivity contribution is 6.16. The van der Waals surface area contributed by atoms with Crippen molar-refractivity contribution in [2.45, 2.75) is 50.0 Å². The van der Waals surface area contributed by atoms with Crippen LogP contribution in [0.4, 0.5) is 4.39 Å². The smallest absolute Gasteiger partial charge is 0.356 e. The van der Waals surface area contributed by atoms with Gasteiger partial charge in [0.2, 0.25) is 0 Å². The van der Waals surface area contributed by atoms with Crippen LogP contribution in [0.5, 0.6) is 0 Å². The first-order valence-corrected chi connectivity index (χ1v) is 10.9. The number of aliphatic imine (C=N–C) groups is 1. The molecule has 0 bridgehead atoms. The fourth-order valence-electron chi connectivity index (χ4n) is 5.25. The second-order valence-electron chi connectivity index (χ2n) is 8.85. The van der Waals surface area contributed by atoms with Crippen LogP contribution < -0.4 is 0 Å². The number of halogens is 1. The predicted molar refractivity (Wildman–Crippen MR) is 115 cm³/mol. The second-order valence-corrected chi connectivity index (χ2v) is 8.85. The number of hydrogen-bond donors (Lipinski definition) is 1. The Labute approximate surface area is 179 Å². The van der Waals surface area contributed by atoms with Crippen molar-refractivity contribution in [2.75, 3.05) is 0 Å². The molecule has 0 saturated heterocycles. The van der Waals surface area contributed by atoms with E-state index in [4.69, 9.17) is 4.99 Å². The fourth-order valence-corrected chi connectivity index (χ4v) is 5.25. The van der Waals surface area contributed by atoms with E-state index in [1.807, 2.05) is 16.7 Å². The molecule has 6 heteroatoms. The molecule has 156 valence electrons. The second kappa shape index (κ2) is 6.61. The molecule has 0 unspecified atom stereocenters. The zero-order valence-electron chi connectivity index (χ0n) is 17.0. The van der Waals surface area contributed by atoms with Gasteiger partial charge >= 0.3 is 5.97 Å². The highest BCUT2D eigenvalue weighted by atomic mass is 19.1. The Bertz CT molecular complexity index is 1250. The van der Waals surface area contributed by atoms with Gasteiger partial charge in [-0.15, -0.1) is 0 Å². The first kappa shape index (κ1) is 18.5. The van der Waals surface area contributed by atoms with Gasteiger partial charge < -0.3 is 5.11 Å². The van der Waals surface area contributed by atoms with Crippen LogP contribution >= 0.6 is 0 Å².